The summed E-state index contributed by atoms with van der Waals surface area (Å²) < 4.78 is 65.7. The first-order valence-electron chi connectivity index (χ1n) is 7.43. The van der Waals surface area contributed by atoms with Crippen molar-refractivity contribution in [2.75, 3.05) is 6.54 Å². The predicted octanol–water partition coefficient (Wildman–Crippen LogP) is 2.29. The van der Waals surface area contributed by atoms with Crippen molar-refractivity contribution < 1.29 is 26.4 Å². The van der Waals surface area contributed by atoms with Crippen LogP contribution in [0.3, 0.4) is 0 Å². The van der Waals surface area contributed by atoms with E-state index in [9.17, 15) is 26.4 Å². The molecular formula is C15H19F3N2O3S. The molecule has 1 amide bonds. The third-order valence-electron chi connectivity index (χ3n) is 4.35. The first-order valence-corrected chi connectivity index (χ1v) is 8.87. The zero-order valence-electron chi connectivity index (χ0n) is 13.3. The number of nitrogens with zero attached hydrogens (tertiary/aromatic N) is 1. The van der Waals surface area contributed by atoms with Gasteiger partial charge in [-0.05, 0) is 44.4 Å². The zero-order chi connectivity index (χ0) is 18.3. The minimum Gasteiger partial charge on any atom is -0.369 e. The summed E-state index contributed by atoms with van der Waals surface area (Å²) >= 11 is 0. The number of alkyl halides is 3. The average molecular weight is 364 g/mol. The summed E-state index contributed by atoms with van der Waals surface area (Å²) in [4.78, 5) is 10.9. The highest BCUT2D eigenvalue weighted by Crippen LogP contribution is 2.35. The van der Waals surface area contributed by atoms with Gasteiger partial charge in [-0.15, -0.1) is 0 Å². The van der Waals surface area contributed by atoms with Crippen molar-refractivity contribution in [2.45, 2.75) is 43.8 Å². The molecule has 134 valence electrons. The number of nitrogens with two attached hydrogens (primary N) is 1. The number of primary amides is 1. The van der Waals surface area contributed by atoms with Crippen LogP contribution in [0.1, 0.15) is 30.9 Å². The van der Waals surface area contributed by atoms with E-state index in [-0.39, 0.29) is 12.1 Å². The number of aryl methyl sites for hydroxylation is 1. The number of piperidine rings is 1. The van der Waals surface area contributed by atoms with Crippen molar-refractivity contribution in [1.29, 1.82) is 0 Å². The van der Waals surface area contributed by atoms with Crippen molar-refractivity contribution in [3.8, 4) is 0 Å². The fraction of sp³-hybridized carbons (Fsp3) is 0.533. The molecule has 0 saturated carbocycles. The minimum atomic E-state index is -4.64. The van der Waals surface area contributed by atoms with Crippen LogP contribution >= 0.6 is 0 Å². The number of sulfonamides is 1. The number of hydrogen-bond donors (Lipinski definition) is 1. The Hall–Kier alpha value is -1.61. The number of carbonyl (C=O) groups excluding carboxylic acids is 1. The van der Waals surface area contributed by atoms with Crippen LogP contribution in [0.5, 0.6) is 0 Å². The molecule has 9 heteroatoms. The molecule has 1 aliphatic heterocycles. The van der Waals surface area contributed by atoms with Crippen LogP contribution in [0, 0.1) is 12.8 Å². The fourth-order valence-electron chi connectivity index (χ4n) is 2.84. The second kappa shape index (κ2) is 6.36. The molecule has 0 spiro atoms. The molecule has 1 aromatic rings. The van der Waals surface area contributed by atoms with Crippen molar-refractivity contribution in [3.63, 3.8) is 0 Å². The molecule has 1 aliphatic rings. The van der Waals surface area contributed by atoms with E-state index in [1.165, 1.54) is 6.92 Å². The maximum atomic E-state index is 13.0. The highest BCUT2D eigenvalue weighted by molar-refractivity contribution is 7.89. The maximum absolute atomic E-state index is 13.0. The molecule has 0 radical (unpaired) electrons. The molecule has 1 aromatic carbocycles. The Balaban J connectivity index is 2.44. The largest absolute Gasteiger partial charge is 0.416 e. The highest BCUT2D eigenvalue weighted by atomic mass is 32.2. The van der Waals surface area contributed by atoms with Gasteiger partial charge in [-0.1, -0.05) is 6.07 Å². The lowest BCUT2D eigenvalue weighted by Gasteiger charge is -2.35. The molecule has 0 bridgehead atoms. The van der Waals surface area contributed by atoms with Gasteiger partial charge in [0.2, 0.25) is 15.9 Å². The van der Waals surface area contributed by atoms with Crippen LogP contribution in [0.25, 0.3) is 0 Å². The normalized spacial score (nSPS) is 23.2. The number of rotatable bonds is 3. The molecule has 0 aliphatic carbocycles. The lowest BCUT2D eigenvalue weighted by molar-refractivity contribution is -0.138. The summed E-state index contributed by atoms with van der Waals surface area (Å²) in [6.45, 7) is 2.81. The summed E-state index contributed by atoms with van der Waals surface area (Å²) in [5.74, 6) is -1.24. The molecule has 1 heterocycles. The maximum Gasteiger partial charge on any atom is 0.416 e. The Morgan fingerprint density at radius 3 is 2.46 bits per heavy atom. The number of hydrogen-bond acceptors (Lipinski definition) is 3. The lowest BCUT2D eigenvalue weighted by Crippen LogP contribution is -2.48. The number of benzene rings is 1. The van der Waals surface area contributed by atoms with E-state index in [1.807, 2.05) is 0 Å². The van der Waals surface area contributed by atoms with E-state index < -0.39 is 44.5 Å². The van der Waals surface area contributed by atoms with Gasteiger partial charge in [0.1, 0.15) is 0 Å². The fourth-order valence-corrected chi connectivity index (χ4v) is 4.58. The van der Waals surface area contributed by atoms with Gasteiger partial charge >= 0.3 is 6.18 Å². The van der Waals surface area contributed by atoms with Crippen molar-refractivity contribution in [3.05, 3.63) is 29.3 Å². The van der Waals surface area contributed by atoms with Gasteiger partial charge in [-0.25, -0.2) is 8.42 Å². The third kappa shape index (κ3) is 3.56. The Morgan fingerprint density at radius 2 is 1.92 bits per heavy atom. The van der Waals surface area contributed by atoms with Gasteiger partial charge < -0.3 is 5.73 Å². The van der Waals surface area contributed by atoms with Crippen LogP contribution in [0.2, 0.25) is 0 Å². The SMILES string of the molecule is Cc1ccc(S(=O)(=O)N2C[C@H](C(N)=O)CC[C@@H]2C)cc1C(F)(F)F. The highest BCUT2D eigenvalue weighted by Gasteiger charge is 2.39. The Kier molecular flexibility index (Phi) is 4.96. The van der Waals surface area contributed by atoms with Gasteiger partial charge in [0.05, 0.1) is 16.4 Å². The van der Waals surface area contributed by atoms with Crippen molar-refractivity contribution >= 4 is 15.9 Å². The lowest BCUT2D eigenvalue weighted by atomic mass is 9.95. The van der Waals surface area contributed by atoms with E-state index in [2.05, 4.69) is 0 Å². The van der Waals surface area contributed by atoms with Crippen LogP contribution in [-0.2, 0) is 21.0 Å². The molecule has 2 atom stereocenters. The second-order valence-corrected chi connectivity index (χ2v) is 7.97. The number of amides is 1. The number of carbonyl (C=O) groups is 1. The topological polar surface area (TPSA) is 80.5 Å². The molecule has 0 aromatic heterocycles. The Labute approximate surface area is 138 Å². The second-order valence-electron chi connectivity index (χ2n) is 6.07. The summed E-state index contributed by atoms with van der Waals surface area (Å²) in [5, 5.41) is 0. The standard InChI is InChI=1S/C15H19F3N2O3S/c1-9-3-6-12(7-13(9)15(16,17)18)24(22,23)20-8-11(14(19)21)5-4-10(20)2/h3,6-7,10-11H,4-5,8H2,1-2H3,(H2,19,21)/t10-,11+/m0/s1. The molecule has 1 saturated heterocycles. The van der Waals surface area contributed by atoms with Gasteiger partial charge in [-0.3, -0.25) is 4.79 Å². The average Bonchev–Trinajstić information content (AvgIpc) is 2.46. The molecule has 24 heavy (non-hydrogen) atoms. The van der Waals surface area contributed by atoms with Crippen LogP contribution in [0.4, 0.5) is 13.2 Å². The summed E-state index contributed by atoms with van der Waals surface area (Å²) in [6, 6.07) is 2.52. The third-order valence-corrected chi connectivity index (χ3v) is 6.32. The van der Waals surface area contributed by atoms with Crippen LogP contribution in [0.15, 0.2) is 23.1 Å². The first-order chi connectivity index (χ1) is 10.9. The number of halogens is 3. The molecular weight excluding hydrogens is 345 g/mol. The van der Waals surface area contributed by atoms with E-state index in [0.717, 1.165) is 16.4 Å². The Morgan fingerprint density at radius 1 is 1.29 bits per heavy atom. The van der Waals surface area contributed by atoms with Crippen molar-refractivity contribution in [2.24, 2.45) is 11.7 Å². The quantitative estimate of drug-likeness (QED) is 0.894. The smallest absolute Gasteiger partial charge is 0.369 e. The Bertz CT molecular complexity index is 747. The zero-order valence-corrected chi connectivity index (χ0v) is 14.1. The van der Waals surface area contributed by atoms with E-state index in [0.29, 0.717) is 18.9 Å². The summed E-state index contributed by atoms with van der Waals surface area (Å²) in [6.07, 6.45) is -3.76. The van der Waals surface area contributed by atoms with Gasteiger partial charge in [-0.2, -0.15) is 17.5 Å². The minimum absolute atomic E-state index is 0.0526. The molecule has 0 unspecified atom stereocenters. The van der Waals surface area contributed by atoms with Crippen LogP contribution < -0.4 is 5.73 Å². The monoisotopic (exact) mass is 364 g/mol. The molecule has 5 nitrogen and oxygen atoms in total. The van der Waals surface area contributed by atoms with E-state index in [1.54, 1.807) is 6.92 Å². The summed E-state index contributed by atoms with van der Waals surface area (Å²) in [7, 11) is -4.15. The molecule has 1 fully saturated rings. The van der Waals surface area contributed by atoms with Gasteiger partial charge in [0.25, 0.3) is 0 Å². The van der Waals surface area contributed by atoms with Gasteiger partial charge in [0.15, 0.2) is 0 Å². The van der Waals surface area contributed by atoms with Crippen molar-refractivity contribution in [1.82, 2.24) is 4.31 Å². The molecule has 2 rings (SSSR count). The van der Waals surface area contributed by atoms with E-state index >= 15 is 0 Å². The predicted molar refractivity (Wildman–Crippen MR) is 81.5 cm³/mol. The summed E-state index contributed by atoms with van der Waals surface area (Å²) in [5.41, 5.74) is 4.21. The van der Waals surface area contributed by atoms with Gasteiger partial charge in [0, 0.05) is 12.6 Å². The van der Waals surface area contributed by atoms with E-state index in [4.69, 9.17) is 5.73 Å². The molecule has 2 N–H and O–H groups in total. The first kappa shape index (κ1) is 18.7. The van der Waals surface area contributed by atoms with Crippen LogP contribution in [-0.4, -0.2) is 31.2 Å².